The molecule has 24 heavy (non-hydrogen) atoms. The number of carbonyl (C=O) groups is 2. The van der Waals surface area contributed by atoms with Gasteiger partial charge in [-0.15, -0.1) is 12.4 Å². The molecular formula is C18H18ClNO4. The zero-order valence-corrected chi connectivity index (χ0v) is 13.7. The summed E-state index contributed by atoms with van der Waals surface area (Å²) in [5.41, 5.74) is 6.19. The van der Waals surface area contributed by atoms with Crippen molar-refractivity contribution >= 4 is 24.0 Å². The fourth-order valence-corrected chi connectivity index (χ4v) is 2.96. The van der Waals surface area contributed by atoms with Gasteiger partial charge in [-0.25, -0.2) is 0 Å². The molecule has 3 rings (SSSR count). The summed E-state index contributed by atoms with van der Waals surface area (Å²) in [5.74, 6) is -1.38. The Bertz CT molecular complexity index is 817. The number of ketones is 2. The summed E-state index contributed by atoms with van der Waals surface area (Å²) in [6, 6.07) is 7.79. The van der Waals surface area contributed by atoms with Crippen LogP contribution in [0.2, 0.25) is 0 Å². The summed E-state index contributed by atoms with van der Waals surface area (Å²) in [7, 11) is 0. The van der Waals surface area contributed by atoms with Crippen molar-refractivity contribution in [3.05, 3.63) is 58.1 Å². The quantitative estimate of drug-likeness (QED) is 0.497. The van der Waals surface area contributed by atoms with Crippen molar-refractivity contribution in [3.63, 3.8) is 0 Å². The third-order valence-electron chi connectivity index (χ3n) is 4.13. The van der Waals surface area contributed by atoms with Gasteiger partial charge in [-0.05, 0) is 37.4 Å². The Labute approximate surface area is 145 Å². The van der Waals surface area contributed by atoms with Crippen LogP contribution in [0.4, 0.5) is 0 Å². The van der Waals surface area contributed by atoms with Crippen LogP contribution in [0.1, 0.15) is 50.2 Å². The average molecular weight is 348 g/mol. The first kappa shape index (κ1) is 18.0. The van der Waals surface area contributed by atoms with E-state index in [1.54, 1.807) is 24.3 Å². The first-order valence-corrected chi connectivity index (χ1v) is 7.52. The van der Waals surface area contributed by atoms with E-state index in [1.807, 2.05) is 0 Å². The molecule has 1 aliphatic rings. The van der Waals surface area contributed by atoms with Gasteiger partial charge in [0.15, 0.2) is 11.6 Å². The number of benzene rings is 2. The second kappa shape index (κ2) is 7.03. The number of carbonyl (C=O) groups excluding carboxylic acids is 2. The Balaban J connectivity index is 0.00000208. The fraction of sp³-hybridized carbons (Fsp3) is 0.222. The lowest BCUT2D eigenvalue weighted by molar-refractivity contribution is 0.0974. The molecule has 6 heteroatoms. The predicted octanol–water partition coefficient (Wildman–Crippen LogP) is 2.58. The number of nitrogens with two attached hydrogens (primary N) is 1. The van der Waals surface area contributed by atoms with Crippen LogP contribution >= 0.6 is 12.4 Å². The van der Waals surface area contributed by atoms with E-state index in [1.165, 1.54) is 6.07 Å². The summed E-state index contributed by atoms with van der Waals surface area (Å²) in [6.07, 6.45) is 1.97. The number of hydrogen-bond acceptors (Lipinski definition) is 5. The maximum absolute atomic E-state index is 12.7. The van der Waals surface area contributed by atoms with Crippen molar-refractivity contribution in [3.8, 4) is 11.5 Å². The number of halogens is 1. The molecule has 0 aromatic heterocycles. The van der Waals surface area contributed by atoms with Gasteiger partial charge >= 0.3 is 0 Å². The minimum absolute atomic E-state index is 0. The van der Waals surface area contributed by atoms with Gasteiger partial charge in [0.05, 0.1) is 11.1 Å². The third-order valence-corrected chi connectivity index (χ3v) is 4.13. The van der Waals surface area contributed by atoms with E-state index in [0.717, 1.165) is 12.8 Å². The van der Waals surface area contributed by atoms with Crippen LogP contribution < -0.4 is 5.73 Å². The summed E-state index contributed by atoms with van der Waals surface area (Å²) in [6.45, 7) is 0.530. The molecule has 2 aromatic carbocycles. The molecular weight excluding hydrogens is 330 g/mol. The third kappa shape index (κ3) is 2.77. The van der Waals surface area contributed by atoms with Gasteiger partial charge in [0.2, 0.25) is 0 Å². The molecule has 0 fully saturated rings. The van der Waals surface area contributed by atoms with Crippen molar-refractivity contribution < 1.29 is 19.8 Å². The van der Waals surface area contributed by atoms with Gasteiger partial charge in [-0.3, -0.25) is 9.59 Å². The Morgan fingerprint density at radius 2 is 1.50 bits per heavy atom. The molecule has 0 amide bonds. The molecule has 0 heterocycles. The van der Waals surface area contributed by atoms with Crippen LogP contribution in [0.15, 0.2) is 30.3 Å². The van der Waals surface area contributed by atoms with Crippen LogP contribution in [-0.4, -0.2) is 28.3 Å². The average Bonchev–Trinajstić information content (AvgIpc) is 2.55. The van der Waals surface area contributed by atoms with E-state index in [-0.39, 0.29) is 46.2 Å². The number of phenols is 2. The minimum Gasteiger partial charge on any atom is -0.507 e. The lowest BCUT2D eigenvalue weighted by Crippen LogP contribution is -2.21. The maximum atomic E-state index is 12.7. The molecule has 0 unspecified atom stereocenters. The SMILES string of the molecule is Cl.NCCCCc1cc(O)c2c(c1O)C(=O)c1ccccc1C2=O. The smallest absolute Gasteiger partial charge is 0.198 e. The summed E-state index contributed by atoms with van der Waals surface area (Å²) < 4.78 is 0. The largest absolute Gasteiger partial charge is 0.507 e. The van der Waals surface area contributed by atoms with Gasteiger partial charge in [-0.1, -0.05) is 24.3 Å². The minimum atomic E-state index is -0.448. The molecule has 5 nitrogen and oxygen atoms in total. The van der Waals surface area contributed by atoms with Crippen LogP contribution in [0, 0.1) is 0 Å². The standard InChI is InChI=1S/C18H17NO4.ClH/c19-8-4-3-5-10-9-13(20)14-15(16(10)21)18(23)12-7-2-1-6-11(12)17(14)22;/h1-2,6-7,9,20-21H,3-5,8,19H2;1H. The van der Waals surface area contributed by atoms with E-state index >= 15 is 0 Å². The fourth-order valence-electron chi connectivity index (χ4n) is 2.96. The zero-order valence-electron chi connectivity index (χ0n) is 12.9. The number of fused-ring (bicyclic) bond motifs is 2. The highest BCUT2D eigenvalue weighted by Crippen LogP contribution is 2.40. The normalized spacial score (nSPS) is 12.4. The van der Waals surface area contributed by atoms with Gasteiger partial charge < -0.3 is 15.9 Å². The molecule has 0 saturated carbocycles. The molecule has 0 saturated heterocycles. The Morgan fingerprint density at radius 1 is 0.917 bits per heavy atom. The first-order chi connectivity index (χ1) is 11.1. The summed E-state index contributed by atoms with van der Waals surface area (Å²) >= 11 is 0. The van der Waals surface area contributed by atoms with Crippen molar-refractivity contribution in [1.29, 1.82) is 0 Å². The lowest BCUT2D eigenvalue weighted by atomic mass is 9.81. The second-order valence-electron chi connectivity index (χ2n) is 5.60. The van der Waals surface area contributed by atoms with E-state index < -0.39 is 11.6 Å². The Hall–Kier alpha value is -2.37. The number of aromatic hydroxyl groups is 2. The molecule has 4 N–H and O–H groups in total. The second-order valence-corrected chi connectivity index (χ2v) is 5.60. The van der Waals surface area contributed by atoms with Crippen molar-refractivity contribution in [2.75, 3.05) is 6.54 Å². The lowest BCUT2D eigenvalue weighted by Gasteiger charge is -2.21. The van der Waals surface area contributed by atoms with Crippen LogP contribution in [0.5, 0.6) is 11.5 Å². The van der Waals surface area contributed by atoms with Gasteiger partial charge in [0.1, 0.15) is 11.5 Å². The van der Waals surface area contributed by atoms with Gasteiger partial charge in [0.25, 0.3) is 0 Å². The van der Waals surface area contributed by atoms with Crippen molar-refractivity contribution in [2.24, 2.45) is 5.73 Å². The number of phenolic OH excluding ortho intramolecular Hbond substituents is 2. The van der Waals surface area contributed by atoms with E-state index in [2.05, 4.69) is 0 Å². The molecule has 0 spiro atoms. The van der Waals surface area contributed by atoms with Crippen LogP contribution in [0.3, 0.4) is 0 Å². The van der Waals surface area contributed by atoms with Crippen molar-refractivity contribution in [1.82, 2.24) is 0 Å². The number of aryl methyl sites for hydroxylation is 1. The molecule has 0 aliphatic heterocycles. The topological polar surface area (TPSA) is 101 Å². The highest BCUT2D eigenvalue weighted by Gasteiger charge is 2.35. The Morgan fingerprint density at radius 3 is 2.08 bits per heavy atom. The zero-order chi connectivity index (χ0) is 16.6. The molecule has 126 valence electrons. The maximum Gasteiger partial charge on any atom is 0.198 e. The van der Waals surface area contributed by atoms with Gasteiger partial charge in [-0.2, -0.15) is 0 Å². The predicted molar refractivity (Wildman–Crippen MR) is 92.3 cm³/mol. The summed E-state index contributed by atoms with van der Waals surface area (Å²) in [4.78, 5) is 25.2. The van der Waals surface area contributed by atoms with Gasteiger partial charge in [0, 0.05) is 11.1 Å². The highest BCUT2D eigenvalue weighted by atomic mass is 35.5. The van der Waals surface area contributed by atoms with E-state index in [9.17, 15) is 19.8 Å². The van der Waals surface area contributed by atoms with Crippen LogP contribution in [0.25, 0.3) is 0 Å². The van der Waals surface area contributed by atoms with E-state index in [0.29, 0.717) is 18.5 Å². The number of unbranched alkanes of at least 4 members (excludes halogenated alkanes) is 1. The number of rotatable bonds is 4. The van der Waals surface area contributed by atoms with Crippen LogP contribution in [-0.2, 0) is 6.42 Å². The first-order valence-electron chi connectivity index (χ1n) is 7.52. The number of hydrogen-bond donors (Lipinski definition) is 3. The molecule has 0 atom stereocenters. The highest BCUT2D eigenvalue weighted by molar-refractivity contribution is 6.30. The summed E-state index contributed by atoms with van der Waals surface area (Å²) in [5, 5.41) is 20.7. The molecule has 2 aromatic rings. The van der Waals surface area contributed by atoms with E-state index in [4.69, 9.17) is 5.73 Å². The molecule has 0 radical (unpaired) electrons. The van der Waals surface area contributed by atoms with Crippen molar-refractivity contribution in [2.45, 2.75) is 19.3 Å². The molecule has 0 bridgehead atoms. The molecule has 1 aliphatic carbocycles. The Kier molecular flexibility index (Phi) is 5.26. The monoisotopic (exact) mass is 347 g/mol.